The first kappa shape index (κ1) is 9.99. The fourth-order valence-corrected chi connectivity index (χ4v) is 0.224. The van der Waals surface area contributed by atoms with Crippen molar-refractivity contribution in [3.8, 4) is 0 Å². The lowest BCUT2D eigenvalue weighted by molar-refractivity contribution is 0.316. The van der Waals surface area contributed by atoms with Crippen LogP contribution in [0.4, 0.5) is 0 Å². The lowest BCUT2D eigenvalue weighted by Gasteiger charge is -2.07. The minimum Gasteiger partial charge on any atom is -0.344 e. The molecule has 3 heteroatoms. The van der Waals surface area contributed by atoms with E-state index in [1.807, 2.05) is 13.8 Å². The van der Waals surface area contributed by atoms with Gasteiger partial charge in [-0.15, -0.1) is 0 Å². The van der Waals surface area contributed by atoms with Crippen molar-refractivity contribution in [3.63, 3.8) is 0 Å². The largest absolute Gasteiger partial charge is 0.344 e. The molecule has 0 amide bonds. The zero-order chi connectivity index (χ0) is 4.99. The monoisotopic (exact) mass is 105 g/mol. The quantitative estimate of drug-likeness (QED) is 0.394. The molecule has 0 heterocycles. The maximum Gasteiger partial charge on any atom is 0.00996 e. The first-order valence-electron chi connectivity index (χ1n) is 2.30. The first-order valence-corrected chi connectivity index (χ1v) is 2.30. The lowest BCUT2D eigenvalue weighted by atomic mass is 10.6. The maximum absolute atomic E-state index is 5.31. The van der Waals surface area contributed by atoms with E-state index in [0.717, 1.165) is 13.1 Å². The molecule has 0 saturated heterocycles. The highest BCUT2D eigenvalue weighted by Crippen LogP contribution is 1.68. The van der Waals surface area contributed by atoms with Crippen molar-refractivity contribution in [1.82, 2.24) is 11.2 Å². The van der Waals surface area contributed by atoms with E-state index in [1.54, 1.807) is 5.01 Å². The maximum atomic E-state index is 5.31. The van der Waals surface area contributed by atoms with Gasteiger partial charge in [-0.1, -0.05) is 13.8 Å². The molecule has 0 rings (SSSR count). The summed E-state index contributed by atoms with van der Waals surface area (Å²) in [5.74, 6) is 5.31. The fraction of sp³-hybridized carbons (Fsp3) is 1.00. The van der Waals surface area contributed by atoms with Crippen molar-refractivity contribution < 1.29 is 0 Å². The number of nitrogens with two attached hydrogens (primary N) is 1. The van der Waals surface area contributed by atoms with Gasteiger partial charge in [-0.05, 0) is 0 Å². The molecular weight excluding hydrogens is 90.1 g/mol. The summed E-state index contributed by atoms with van der Waals surface area (Å²) in [6.45, 7) is 5.94. The van der Waals surface area contributed by atoms with E-state index in [9.17, 15) is 0 Å². The molecule has 0 unspecified atom stereocenters. The summed E-state index contributed by atoms with van der Waals surface area (Å²) >= 11 is 0. The molecule has 0 aromatic carbocycles. The van der Waals surface area contributed by atoms with Gasteiger partial charge in [0.2, 0.25) is 0 Å². The Kier molecular flexibility index (Phi) is 8.39. The third kappa shape index (κ3) is 5.88. The Balaban J connectivity index is 0. The van der Waals surface area contributed by atoms with E-state index in [2.05, 4.69) is 0 Å². The van der Waals surface area contributed by atoms with E-state index in [1.165, 1.54) is 0 Å². The Morgan fingerprint density at radius 1 is 1.29 bits per heavy atom. The molecule has 0 aromatic heterocycles. The zero-order valence-corrected chi connectivity index (χ0v) is 5.15. The van der Waals surface area contributed by atoms with Crippen LogP contribution in [-0.2, 0) is 0 Å². The molecular formula is C4H15N3. The molecule has 0 radical (unpaired) electrons. The van der Waals surface area contributed by atoms with Crippen LogP contribution in [0.15, 0.2) is 0 Å². The highest BCUT2D eigenvalue weighted by atomic mass is 15.4. The van der Waals surface area contributed by atoms with E-state index in [-0.39, 0.29) is 6.15 Å². The van der Waals surface area contributed by atoms with Crippen LogP contribution >= 0.6 is 0 Å². The number of hydrogen-bond acceptors (Lipinski definition) is 3. The van der Waals surface area contributed by atoms with Gasteiger partial charge in [-0.2, -0.15) is 0 Å². The fourth-order valence-electron chi connectivity index (χ4n) is 0.224. The minimum absolute atomic E-state index is 0. The summed E-state index contributed by atoms with van der Waals surface area (Å²) < 4.78 is 0. The molecule has 5 N–H and O–H groups in total. The van der Waals surface area contributed by atoms with E-state index >= 15 is 0 Å². The van der Waals surface area contributed by atoms with Crippen LogP contribution in [0.25, 0.3) is 0 Å². The average molecular weight is 105 g/mol. The number of hydrogen-bond donors (Lipinski definition) is 2. The van der Waals surface area contributed by atoms with Gasteiger partial charge in [-0.3, -0.25) is 5.84 Å². The van der Waals surface area contributed by atoms with Gasteiger partial charge in [0.15, 0.2) is 0 Å². The van der Waals surface area contributed by atoms with Crippen LogP contribution in [0, 0.1) is 0 Å². The molecule has 0 aliphatic carbocycles. The highest BCUT2D eigenvalue weighted by molar-refractivity contribution is 4.32. The molecule has 0 spiro atoms. The molecule has 3 nitrogen and oxygen atoms in total. The smallest absolute Gasteiger partial charge is 0.00996 e. The van der Waals surface area contributed by atoms with Crippen LogP contribution < -0.4 is 12.0 Å². The van der Waals surface area contributed by atoms with Gasteiger partial charge in [-0.25, -0.2) is 5.01 Å². The Morgan fingerprint density at radius 3 is 1.57 bits per heavy atom. The average Bonchev–Trinajstić information content (AvgIpc) is 1.65. The van der Waals surface area contributed by atoms with E-state index in [0.29, 0.717) is 0 Å². The lowest BCUT2D eigenvalue weighted by Crippen LogP contribution is -2.29. The molecule has 46 valence electrons. The van der Waals surface area contributed by atoms with Gasteiger partial charge in [0, 0.05) is 13.1 Å². The van der Waals surface area contributed by atoms with Crippen molar-refractivity contribution in [3.05, 3.63) is 0 Å². The van der Waals surface area contributed by atoms with Gasteiger partial charge in [0.1, 0.15) is 0 Å². The molecule has 7 heavy (non-hydrogen) atoms. The second-order valence-electron chi connectivity index (χ2n) is 1.22. The summed E-state index contributed by atoms with van der Waals surface area (Å²) in [7, 11) is 0. The molecule has 0 aliphatic rings. The minimum atomic E-state index is 0. The Labute approximate surface area is 45.0 Å². The van der Waals surface area contributed by atoms with Gasteiger partial charge < -0.3 is 6.15 Å². The second-order valence-corrected chi connectivity index (χ2v) is 1.22. The summed E-state index contributed by atoms with van der Waals surface area (Å²) in [4.78, 5) is 0. The second kappa shape index (κ2) is 5.88. The SMILES string of the molecule is CCN(N)CC.N. The van der Waals surface area contributed by atoms with Crippen molar-refractivity contribution >= 4 is 0 Å². The van der Waals surface area contributed by atoms with Crippen molar-refractivity contribution in [2.75, 3.05) is 13.1 Å². The van der Waals surface area contributed by atoms with Crippen LogP contribution in [0.2, 0.25) is 0 Å². The number of rotatable bonds is 2. The molecule has 0 aliphatic heterocycles. The Bertz CT molecular complexity index is 26.1. The summed E-state index contributed by atoms with van der Waals surface area (Å²) in [6.07, 6.45) is 0. The first-order chi connectivity index (χ1) is 2.81. The van der Waals surface area contributed by atoms with Gasteiger partial charge in [0.05, 0.1) is 0 Å². The van der Waals surface area contributed by atoms with Gasteiger partial charge >= 0.3 is 0 Å². The Morgan fingerprint density at radius 2 is 1.57 bits per heavy atom. The molecule has 0 saturated carbocycles. The molecule has 0 fully saturated rings. The Hall–Kier alpha value is -0.120. The highest BCUT2D eigenvalue weighted by Gasteiger charge is 1.82. The summed E-state index contributed by atoms with van der Waals surface area (Å²) in [6, 6.07) is 0. The van der Waals surface area contributed by atoms with Crippen molar-refractivity contribution in [1.29, 1.82) is 0 Å². The standard InChI is InChI=1S/C4H12N2.H3N/c1-3-6(5)4-2;/h3-5H2,1-2H3;1H3. The van der Waals surface area contributed by atoms with Crippen molar-refractivity contribution in [2.24, 2.45) is 5.84 Å². The van der Waals surface area contributed by atoms with Crippen LogP contribution in [0.3, 0.4) is 0 Å². The van der Waals surface area contributed by atoms with E-state index < -0.39 is 0 Å². The predicted octanol–water partition coefficient (Wildman–Crippen LogP) is 0.364. The van der Waals surface area contributed by atoms with Crippen LogP contribution in [0.5, 0.6) is 0 Å². The topological polar surface area (TPSA) is 64.3 Å². The zero-order valence-electron chi connectivity index (χ0n) is 5.15. The third-order valence-electron chi connectivity index (χ3n) is 0.812. The number of nitrogens with zero attached hydrogens (tertiary/aromatic N) is 1. The predicted molar refractivity (Wildman–Crippen MR) is 32.1 cm³/mol. The summed E-state index contributed by atoms with van der Waals surface area (Å²) in [5, 5.41) is 1.75. The molecule has 0 atom stereocenters. The normalized spacial score (nSPS) is 8.57. The van der Waals surface area contributed by atoms with Crippen LogP contribution in [-0.4, -0.2) is 18.1 Å². The van der Waals surface area contributed by atoms with Gasteiger partial charge in [0.25, 0.3) is 0 Å². The van der Waals surface area contributed by atoms with Crippen LogP contribution in [0.1, 0.15) is 13.8 Å². The number of hydrazine groups is 1. The van der Waals surface area contributed by atoms with E-state index in [4.69, 9.17) is 5.84 Å². The third-order valence-corrected chi connectivity index (χ3v) is 0.812. The van der Waals surface area contributed by atoms with Crippen molar-refractivity contribution in [2.45, 2.75) is 13.8 Å². The molecule has 0 bridgehead atoms. The summed E-state index contributed by atoms with van der Waals surface area (Å²) in [5.41, 5.74) is 0. The molecule has 0 aromatic rings.